The summed E-state index contributed by atoms with van der Waals surface area (Å²) < 4.78 is 29.2. The second-order valence-electron chi connectivity index (χ2n) is 10.5. The number of unbranched alkanes of at least 4 members (excludes halogenated alkanes) is 1. The molecule has 1 N–H and O–H groups in total. The SMILES string of the molecule is CCCCNC(=O)[C@H](CC)N(Cc1ccc(Cl)c(Cl)c1)C(=O)CN(c1cc(C)cc(C)c1)S(=O)(=O)c1ccc(C)cc1. The third-order valence-corrected chi connectivity index (χ3v) is 9.46. The molecule has 0 spiro atoms. The topological polar surface area (TPSA) is 86.8 Å². The summed E-state index contributed by atoms with van der Waals surface area (Å²) in [6.45, 7) is 9.50. The fourth-order valence-corrected chi connectivity index (χ4v) is 6.44. The monoisotopic (exact) mass is 631 g/mol. The van der Waals surface area contributed by atoms with Crippen LogP contribution in [0.25, 0.3) is 0 Å². The van der Waals surface area contributed by atoms with E-state index in [2.05, 4.69) is 5.32 Å². The van der Waals surface area contributed by atoms with Crippen LogP contribution in [-0.2, 0) is 26.2 Å². The summed E-state index contributed by atoms with van der Waals surface area (Å²) in [5.74, 6) is -0.813. The average Bonchev–Trinajstić information content (AvgIpc) is 2.93. The number of benzene rings is 3. The summed E-state index contributed by atoms with van der Waals surface area (Å²) in [4.78, 5) is 29.0. The first-order chi connectivity index (χ1) is 19.9. The van der Waals surface area contributed by atoms with Gasteiger partial charge in [0.2, 0.25) is 11.8 Å². The standard InChI is InChI=1S/C32H39Cl2N3O4S/c1-6-8-15-35-32(39)30(7-2)36(20-25-11-14-28(33)29(34)19-25)31(38)21-37(26-17-23(4)16-24(5)18-26)42(40,41)27-12-9-22(3)10-13-27/h9-14,16-19,30H,6-8,15,20-21H2,1-5H3,(H,35,39)/t30-/m0/s1. The van der Waals surface area contributed by atoms with E-state index < -0.39 is 28.5 Å². The number of rotatable bonds is 13. The van der Waals surface area contributed by atoms with Gasteiger partial charge in [-0.15, -0.1) is 0 Å². The van der Waals surface area contributed by atoms with Gasteiger partial charge in [0.05, 0.1) is 20.6 Å². The molecule has 42 heavy (non-hydrogen) atoms. The van der Waals surface area contributed by atoms with Crippen molar-refractivity contribution in [3.05, 3.63) is 93.0 Å². The van der Waals surface area contributed by atoms with Crippen molar-refractivity contribution in [3.8, 4) is 0 Å². The maximum absolute atomic E-state index is 14.2. The Labute approximate surface area is 259 Å². The third kappa shape index (κ3) is 8.49. The molecule has 0 aliphatic carbocycles. The van der Waals surface area contributed by atoms with Crippen molar-refractivity contribution >= 4 is 50.7 Å². The maximum atomic E-state index is 14.2. The molecule has 0 saturated carbocycles. The Hall–Kier alpha value is -3.07. The summed E-state index contributed by atoms with van der Waals surface area (Å²) in [6, 6.07) is 16.1. The highest BCUT2D eigenvalue weighted by atomic mass is 35.5. The molecule has 1 atom stereocenters. The van der Waals surface area contributed by atoms with Gasteiger partial charge in [-0.05, 0) is 86.7 Å². The van der Waals surface area contributed by atoms with E-state index in [4.69, 9.17) is 23.2 Å². The molecule has 0 aliphatic heterocycles. The Balaban J connectivity index is 2.08. The lowest BCUT2D eigenvalue weighted by molar-refractivity contribution is -0.140. The van der Waals surface area contributed by atoms with Crippen molar-refractivity contribution in [1.82, 2.24) is 10.2 Å². The van der Waals surface area contributed by atoms with Crippen molar-refractivity contribution in [2.45, 2.75) is 71.4 Å². The zero-order valence-electron chi connectivity index (χ0n) is 24.8. The van der Waals surface area contributed by atoms with E-state index in [1.165, 1.54) is 17.0 Å². The molecule has 0 fully saturated rings. The van der Waals surface area contributed by atoms with Crippen molar-refractivity contribution in [3.63, 3.8) is 0 Å². The third-order valence-electron chi connectivity index (χ3n) is 6.93. The van der Waals surface area contributed by atoms with Gasteiger partial charge in [0.1, 0.15) is 12.6 Å². The van der Waals surface area contributed by atoms with Crippen LogP contribution < -0.4 is 9.62 Å². The van der Waals surface area contributed by atoms with Crippen LogP contribution in [0.4, 0.5) is 5.69 Å². The molecule has 0 aliphatic rings. The van der Waals surface area contributed by atoms with Gasteiger partial charge in [-0.1, -0.05) is 73.3 Å². The summed E-state index contributed by atoms with van der Waals surface area (Å²) >= 11 is 12.4. The van der Waals surface area contributed by atoms with E-state index in [9.17, 15) is 18.0 Å². The number of halogens is 2. The summed E-state index contributed by atoms with van der Waals surface area (Å²) in [5, 5.41) is 3.61. The Morgan fingerprint density at radius 3 is 2.07 bits per heavy atom. The molecule has 0 aromatic heterocycles. The number of nitrogens with zero attached hydrogens (tertiary/aromatic N) is 2. The molecule has 3 aromatic carbocycles. The number of carbonyl (C=O) groups is 2. The molecule has 2 amide bonds. The van der Waals surface area contributed by atoms with Gasteiger partial charge in [0, 0.05) is 13.1 Å². The lowest BCUT2D eigenvalue weighted by Gasteiger charge is -2.33. The Bertz CT molecular complexity index is 1490. The van der Waals surface area contributed by atoms with Crippen LogP contribution in [0.3, 0.4) is 0 Å². The Kier molecular flexibility index (Phi) is 11.9. The van der Waals surface area contributed by atoms with Gasteiger partial charge in [-0.25, -0.2) is 8.42 Å². The highest BCUT2D eigenvalue weighted by molar-refractivity contribution is 7.92. The summed E-state index contributed by atoms with van der Waals surface area (Å²) in [5.41, 5.74) is 3.66. The van der Waals surface area contributed by atoms with Crippen molar-refractivity contribution in [2.75, 3.05) is 17.4 Å². The summed E-state index contributed by atoms with van der Waals surface area (Å²) in [7, 11) is -4.14. The van der Waals surface area contributed by atoms with Crippen LogP contribution in [0.15, 0.2) is 65.6 Å². The first-order valence-electron chi connectivity index (χ1n) is 14.1. The Morgan fingerprint density at radius 2 is 1.50 bits per heavy atom. The summed E-state index contributed by atoms with van der Waals surface area (Å²) in [6.07, 6.45) is 2.04. The molecule has 0 unspecified atom stereocenters. The van der Waals surface area contributed by atoms with Gasteiger partial charge in [0.15, 0.2) is 0 Å². The molecule has 0 heterocycles. The fraction of sp³-hybridized carbons (Fsp3) is 0.375. The number of hydrogen-bond donors (Lipinski definition) is 1. The zero-order chi connectivity index (χ0) is 31.0. The molecule has 7 nitrogen and oxygen atoms in total. The van der Waals surface area contributed by atoms with Crippen molar-refractivity contribution < 1.29 is 18.0 Å². The predicted molar refractivity (Wildman–Crippen MR) is 171 cm³/mol. The van der Waals surface area contributed by atoms with Crippen LogP contribution in [0.2, 0.25) is 10.0 Å². The van der Waals surface area contributed by atoms with Crippen LogP contribution in [0, 0.1) is 20.8 Å². The minimum atomic E-state index is -4.14. The van der Waals surface area contributed by atoms with Crippen LogP contribution in [0.5, 0.6) is 0 Å². The van der Waals surface area contributed by atoms with Gasteiger partial charge < -0.3 is 10.2 Å². The zero-order valence-corrected chi connectivity index (χ0v) is 27.1. The molecular formula is C32H39Cl2N3O4S. The molecule has 3 rings (SSSR count). The molecule has 0 saturated heterocycles. The van der Waals surface area contributed by atoms with E-state index in [1.807, 2.05) is 40.7 Å². The van der Waals surface area contributed by atoms with Crippen molar-refractivity contribution in [2.24, 2.45) is 0 Å². The number of nitrogens with one attached hydrogen (secondary N) is 1. The first kappa shape index (κ1) is 33.4. The molecule has 0 bridgehead atoms. The van der Waals surface area contributed by atoms with E-state index >= 15 is 0 Å². The smallest absolute Gasteiger partial charge is 0.264 e. The fourth-order valence-electron chi connectivity index (χ4n) is 4.72. The van der Waals surface area contributed by atoms with E-state index in [0.717, 1.165) is 33.8 Å². The molecular weight excluding hydrogens is 593 g/mol. The minimum Gasteiger partial charge on any atom is -0.354 e. The molecule has 3 aromatic rings. The van der Waals surface area contributed by atoms with Gasteiger partial charge in [-0.3, -0.25) is 13.9 Å². The largest absolute Gasteiger partial charge is 0.354 e. The highest BCUT2D eigenvalue weighted by Crippen LogP contribution is 2.28. The quantitative estimate of drug-likeness (QED) is 0.209. The number of anilines is 1. The van der Waals surface area contributed by atoms with Crippen LogP contribution in [0.1, 0.15) is 55.4 Å². The minimum absolute atomic E-state index is 0.0424. The van der Waals surface area contributed by atoms with Gasteiger partial charge in [-0.2, -0.15) is 0 Å². The number of amides is 2. The van der Waals surface area contributed by atoms with E-state index in [1.54, 1.807) is 42.5 Å². The number of hydrogen-bond acceptors (Lipinski definition) is 4. The lowest BCUT2D eigenvalue weighted by Crippen LogP contribution is -2.52. The Morgan fingerprint density at radius 1 is 0.857 bits per heavy atom. The number of aryl methyl sites for hydroxylation is 3. The normalized spacial score (nSPS) is 12.1. The van der Waals surface area contributed by atoms with Gasteiger partial charge in [0.25, 0.3) is 10.0 Å². The predicted octanol–water partition coefficient (Wildman–Crippen LogP) is 6.84. The van der Waals surface area contributed by atoms with Gasteiger partial charge >= 0.3 is 0 Å². The maximum Gasteiger partial charge on any atom is 0.264 e. The second kappa shape index (κ2) is 14.9. The van der Waals surface area contributed by atoms with Crippen LogP contribution >= 0.6 is 23.2 Å². The lowest BCUT2D eigenvalue weighted by atomic mass is 10.1. The van der Waals surface area contributed by atoms with E-state index in [-0.39, 0.29) is 17.3 Å². The molecule has 10 heteroatoms. The van der Waals surface area contributed by atoms with Crippen molar-refractivity contribution in [1.29, 1.82) is 0 Å². The second-order valence-corrected chi connectivity index (χ2v) is 13.2. The average molecular weight is 633 g/mol. The first-order valence-corrected chi connectivity index (χ1v) is 16.3. The number of carbonyl (C=O) groups excluding carboxylic acids is 2. The van der Waals surface area contributed by atoms with E-state index in [0.29, 0.717) is 34.3 Å². The highest BCUT2D eigenvalue weighted by Gasteiger charge is 2.33. The molecule has 0 radical (unpaired) electrons. The van der Waals surface area contributed by atoms with Crippen LogP contribution in [-0.4, -0.2) is 44.3 Å². The number of sulfonamides is 1. The molecule has 226 valence electrons.